The standard InChI is InChI=1S/C11H11F4N/c1-6-2-7(12)9(8(13)3-6)10(5-16)4-11(10,14)15/h2-3H,4-5,16H2,1H3. The van der Waals surface area contributed by atoms with Gasteiger partial charge < -0.3 is 5.73 Å². The second kappa shape index (κ2) is 3.20. The van der Waals surface area contributed by atoms with Crippen LogP contribution in [0.1, 0.15) is 17.5 Å². The van der Waals surface area contributed by atoms with E-state index >= 15 is 0 Å². The Labute approximate surface area is 90.3 Å². The highest BCUT2D eigenvalue weighted by Gasteiger charge is 2.72. The van der Waals surface area contributed by atoms with Crippen LogP contribution >= 0.6 is 0 Å². The fraction of sp³-hybridized carbons (Fsp3) is 0.455. The molecule has 1 nitrogen and oxygen atoms in total. The van der Waals surface area contributed by atoms with E-state index in [9.17, 15) is 17.6 Å². The number of nitrogens with two attached hydrogens (primary N) is 1. The third kappa shape index (κ3) is 1.34. The van der Waals surface area contributed by atoms with Gasteiger partial charge in [0.25, 0.3) is 5.92 Å². The SMILES string of the molecule is Cc1cc(F)c(C2(CN)CC2(F)F)c(F)c1. The maximum atomic E-state index is 13.5. The van der Waals surface area contributed by atoms with Gasteiger partial charge >= 0.3 is 0 Å². The van der Waals surface area contributed by atoms with E-state index in [4.69, 9.17) is 5.73 Å². The number of halogens is 4. The van der Waals surface area contributed by atoms with Crippen molar-refractivity contribution in [2.45, 2.75) is 24.7 Å². The van der Waals surface area contributed by atoms with Crippen molar-refractivity contribution < 1.29 is 17.6 Å². The Bertz CT molecular complexity index is 421. The fourth-order valence-corrected chi connectivity index (χ4v) is 2.09. The molecular formula is C11H11F4N. The van der Waals surface area contributed by atoms with Gasteiger partial charge in [0, 0.05) is 18.5 Å². The third-order valence-electron chi connectivity index (χ3n) is 3.11. The van der Waals surface area contributed by atoms with Crippen molar-refractivity contribution in [3.8, 4) is 0 Å². The summed E-state index contributed by atoms with van der Waals surface area (Å²) >= 11 is 0. The van der Waals surface area contributed by atoms with Gasteiger partial charge in [0.05, 0.1) is 5.41 Å². The van der Waals surface area contributed by atoms with Crippen molar-refractivity contribution in [1.82, 2.24) is 0 Å². The molecule has 5 heteroatoms. The molecular weight excluding hydrogens is 222 g/mol. The van der Waals surface area contributed by atoms with Crippen LogP contribution < -0.4 is 5.73 Å². The largest absolute Gasteiger partial charge is 0.329 e. The Morgan fingerprint density at radius 2 is 1.69 bits per heavy atom. The first-order valence-corrected chi connectivity index (χ1v) is 4.88. The van der Waals surface area contributed by atoms with Crippen molar-refractivity contribution in [2.24, 2.45) is 5.73 Å². The summed E-state index contributed by atoms with van der Waals surface area (Å²) in [7, 11) is 0. The normalized spacial score (nSPS) is 26.9. The highest BCUT2D eigenvalue weighted by molar-refractivity contribution is 5.41. The molecule has 1 aromatic carbocycles. The van der Waals surface area contributed by atoms with Gasteiger partial charge in [0.15, 0.2) is 0 Å². The molecule has 0 radical (unpaired) electrons. The van der Waals surface area contributed by atoms with Gasteiger partial charge in [-0.25, -0.2) is 17.6 Å². The van der Waals surface area contributed by atoms with Crippen molar-refractivity contribution in [3.63, 3.8) is 0 Å². The molecule has 16 heavy (non-hydrogen) atoms. The molecule has 0 amide bonds. The van der Waals surface area contributed by atoms with Gasteiger partial charge in [0.1, 0.15) is 11.6 Å². The van der Waals surface area contributed by atoms with Crippen LogP contribution in [0.5, 0.6) is 0 Å². The zero-order valence-corrected chi connectivity index (χ0v) is 8.66. The second-order valence-electron chi connectivity index (χ2n) is 4.27. The van der Waals surface area contributed by atoms with Crippen molar-refractivity contribution in [3.05, 3.63) is 34.9 Å². The van der Waals surface area contributed by atoms with Gasteiger partial charge in [-0.05, 0) is 24.6 Å². The lowest BCUT2D eigenvalue weighted by Crippen LogP contribution is -2.29. The summed E-state index contributed by atoms with van der Waals surface area (Å²) < 4.78 is 53.5. The number of hydrogen-bond donors (Lipinski definition) is 1. The summed E-state index contributed by atoms with van der Waals surface area (Å²) in [6.07, 6.45) is -0.590. The van der Waals surface area contributed by atoms with Gasteiger partial charge in [0.2, 0.25) is 0 Å². The van der Waals surface area contributed by atoms with E-state index in [1.807, 2.05) is 0 Å². The molecule has 1 aliphatic carbocycles. The molecule has 2 rings (SSSR count). The highest BCUT2D eigenvalue weighted by atomic mass is 19.3. The molecule has 0 spiro atoms. The maximum absolute atomic E-state index is 13.5. The summed E-state index contributed by atoms with van der Waals surface area (Å²) in [4.78, 5) is 0. The van der Waals surface area contributed by atoms with Crippen LogP contribution in [0.25, 0.3) is 0 Å². The average Bonchev–Trinajstić information content (AvgIpc) is 2.67. The molecule has 0 aromatic heterocycles. The first kappa shape index (κ1) is 11.4. The van der Waals surface area contributed by atoms with Crippen molar-refractivity contribution in [1.29, 1.82) is 0 Å². The molecule has 0 saturated heterocycles. The van der Waals surface area contributed by atoms with Crippen LogP contribution in [-0.4, -0.2) is 12.5 Å². The summed E-state index contributed by atoms with van der Waals surface area (Å²) in [5, 5.41) is 0. The highest BCUT2D eigenvalue weighted by Crippen LogP contribution is 2.61. The average molecular weight is 233 g/mol. The monoisotopic (exact) mass is 233 g/mol. The number of aryl methyl sites for hydroxylation is 1. The number of benzene rings is 1. The van der Waals surface area contributed by atoms with Gasteiger partial charge in [-0.15, -0.1) is 0 Å². The molecule has 1 unspecified atom stereocenters. The minimum atomic E-state index is -3.11. The number of alkyl halides is 2. The molecule has 1 aromatic rings. The maximum Gasteiger partial charge on any atom is 0.260 e. The Kier molecular flexibility index (Phi) is 2.28. The van der Waals surface area contributed by atoms with Crippen LogP contribution in [0.15, 0.2) is 12.1 Å². The summed E-state index contributed by atoms with van der Waals surface area (Å²) in [5.74, 6) is -5.00. The predicted octanol–water partition coefficient (Wildman–Crippen LogP) is 2.51. The Balaban J connectivity index is 2.58. The van der Waals surface area contributed by atoms with E-state index in [0.717, 1.165) is 12.1 Å². The molecule has 1 saturated carbocycles. The molecule has 1 fully saturated rings. The van der Waals surface area contributed by atoms with Crippen LogP contribution in [-0.2, 0) is 5.41 Å². The Morgan fingerprint density at radius 3 is 2.00 bits per heavy atom. The lowest BCUT2D eigenvalue weighted by atomic mass is 9.93. The zero-order valence-electron chi connectivity index (χ0n) is 8.66. The predicted molar refractivity (Wildman–Crippen MR) is 51.4 cm³/mol. The Morgan fingerprint density at radius 1 is 1.25 bits per heavy atom. The summed E-state index contributed by atoms with van der Waals surface area (Å²) in [6, 6.07) is 2.09. The molecule has 88 valence electrons. The van der Waals surface area contributed by atoms with Crippen LogP contribution in [0.3, 0.4) is 0 Å². The van der Waals surface area contributed by atoms with Crippen molar-refractivity contribution >= 4 is 0 Å². The lowest BCUT2D eigenvalue weighted by molar-refractivity contribution is 0.0876. The summed E-state index contributed by atoms with van der Waals surface area (Å²) in [6.45, 7) is 1.03. The van der Waals surface area contributed by atoms with E-state index in [0.29, 0.717) is 5.56 Å². The second-order valence-corrected chi connectivity index (χ2v) is 4.27. The quantitative estimate of drug-likeness (QED) is 0.780. The summed E-state index contributed by atoms with van der Waals surface area (Å²) in [5.41, 5.74) is 3.16. The van der Waals surface area contributed by atoms with E-state index < -0.39 is 41.5 Å². The fourth-order valence-electron chi connectivity index (χ4n) is 2.09. The molecule has 0 heterocycles. The minimum Gasteiger partial charge on any atom is -0.329 e. The molecule has 0 bridgehead atoms. The molecule has 1 aliphatic rings. The van der Waals surface area contributed by atoms with Crippen molar-refractivity contribution in [2.75, 3.05) is 6.54 Å². The van der Waals surface area contributed by atoms with Crippen LogP contribution in [0.4, 0.5) is 17.6 Å². The van der Waals surface area contributed by atoms with Crippen LogP contribution in [0.2, 0.25) is 0 Å². The van der Waals surface area contributed by atoms with E-state index in [1.54, 1.807) is 0 Å². The Hall–Kier alpha value is -1.10. The zero-order chi connectivity index (χ0) is 12.1. The topological polar surface area (TPSA) is 26.0 Å². The lowest BCUT2D eigenvalue weighted by Gasteiger charge is -2.16. The minimum absolute atomic E-state index is 0.356. The van der Waals surface area contributed by atoms with Gasteiger partial charge in [-0.1, -0.05) is 0 Å². The first-order valence-electron chi connectivity index (χ1n) is 4.88. The molecule has 0 aliphatic heterocycles. The van der Waals surface area contributed by atoms with E-state index in [-0.39, 0.29) is 0 Å². The number of rotatable bonds is 2. The first-order chi connectivity index (χ1) is 7.34. The van der Waals surface area contributed by atoms with Gasteiger partial charge in [-0.3, -0.25) is 0 Å². The number of hydrogen-bond acceptors (Lipinski definition) is 1. The molecule has 2 N–H and O–H groups in total. The van der Waals surface area contributed by atoms with Gasteiger partial charge in [-0.2, -0.15) is 0 Å². The van der Waals surface area contributed by atoms with E-state index in [1.165, 1.54) is 6.92 Å². The van der Waals surface area contributed by atoms with E-state index in [2.05, 4.69) is 0 Å². The third-order valence-corrected chi connectivity index (χ3v) is 3.11. The smallest absolute Gasteiger partial charge is 0.260 e. The molecule has 1 atom stereocenters. The van der Waals surface area contributed by atoms with Crippen LogP contribution in [0, 0.1) is 18.6 Å².